The summed E-state index contributed by atoms with van der Waals surface area (Å²) in [6.07, 6.45) is 0.857. The lowest BCUT2D eigenvalue weighted by atomic mass is 10.1. The third-order valence-electron chi connectivity index (χ3n) is 2.08. The van der Waals surface area contributed by atoms with Crippen molar-refractivity contribution in [1.82, 2.24) is 10.1 Å². The van der Waals surface area contributed by atoms with Crippen molar-refractivity contribution >= 4 is 0 Å². The lowest BCUT2D eigenvalue weighted by Crippen LogP contribution is -1.95. The third-order valence-corrected chi connectivity index (χ3v) is 2.08. The number of benzene rings is 1. The van der Waals surface area contributed by atoms with Crippen LogP contribution in [0, 0.1) is 5.92 Å². The van der Waals surface area contributed by atoms with E-state index in [2.05, 4.69) is 24.0 Å². The van der Waals surface area contributed by atoms with Gasteiger partial charge in [-0.05, 0) is 18.1 Å². The monoisotopic (exact) mass is 202 g/mol. The Hall–Kier alpha value is -1.64. The zero-order valence-corrected chi connectivity index (χ0v) is 8.97. The highest BCUT2D eigenvalue weighted by Gasteiger charge is 2.08. The van der Waals surface area contributed by atoms with E-state index >= 15 is 0 Å². The maximum Gasteiger partial charge on any atom is 0.257 e. The molecule has 3 nitrogen and oxygen atoms in total. The SMILES string of the molecule is CC(C)Cc1noc(-c2ccccc2)n1. The first-order valence-corrected chi connectivity index (χ1v) is 5.13. The quantitative estimate of drug-likeness (QED) is 0.768. The summed E-state index contributed by atoms with van der Waals surface area (Å²) in [4.78, 5) is 4.34. The molecule has 1 aromatic carbocycles. The van der Waals surface area contributed by atoms with Crippen LogP contribution in [0.1, 0.15) is 19.7 Å². The first-order valence-electron chi connectivity index (χ1n) is 5.13. The average molecular weight is 202 g/mol. The van der Waals surface area contributed by atoms with Gasteiger partial charge in [-0.15, -0.1) is 0 Å². The predicted octanol–water partition coefficient (Wildman–Crippen LogP) is 2.94. The van der Waals surface area contributed by atoms with E-state index in [9.17, 15) is 0 Å². The smallest absolute Gasteiger partial charge is 0.257 e. The number of aromatic nitrogens is 2. The van der Waals surface area contributed by atoms with Crippen molar-refractivity contribution in [3.63, 3.8) is 0 Å². The average Bonchev–Trinajstić information content (AvgIpc) is 2.67. The molecule has 0 aliphatic heterocycles. The number of rotatable bonds is 3. The molecule has 0 aliphatic carbocycles. The van der Waals surface area contributed by atoms with Gasteiger partial charge in [0.2, 0.25) is 0 Å². The molecule has 0 atom stereocenters. The van der Waals surface area contributed by atoms with Crippen molar-refractivity contribution in [2.75, 3.05) is 0 Å². The topological polar surface area (TPSA) is 38.9 Å². The molecule has 0 bridgehead atoms. The molecule has 1 aromatic heterocycles. The predicted molar refractivity (Wildman–Crippen MR) is 58.3 cm³/mol. The van der Waals surface area contributed by atoms with Gasteiger partial charge in [0, 0.05) is 12.0 Å². The van der Waals surface area contributed by atoms with Gasteiger partial charge < -0.3 is 4.52 Å². The van der Waals surface area contributed by atoms with Gasteiger partial charge in [-0.2, -0.15) is 4.98 Å². The molecule has 3 heteroatoms. The van der Waals surface area contributed by atoms with Gasteiger partial charge in [-0.3, -0.25) is 0 Å². The van der Waals surface area contributed by atoms with Crippen LogP contribution >= 0.6 is 0 Å². The van der Waals surface area contributed by atoms with E-state index in [1.807, 2.05) is 30.3 Å². The molecular weight excluding hydrogens is 188 g/mol. The molecule has 0 amide bonds. The molecule has 2 rings (SSSR count). The first-order chi connectivity index (χ1) is 7.25. The molecule has 78 valence electrons. The minimum atomic E-state index is 0.547. The second-order valence-corrected chi connectivity index (χ2v) is 3.98. The lowest BCUT2D eigenvalue weighted by molar-refractivity contribution is 0.418. The van der Waals surface area contributed by atoms with E-state index in [1.54, 1.807) is 0 Å². The Bertz CT molecular complexity index is 420. The Morgan fingerprint density at radius 3 is 2.60 bits per heavy atom. The molecule has 1 heterocycles. The van der Waals surface area contributed by atoms with E-state index in [0.29, 0.717) is 11.8 Å². The Kier molecular flexibility index (Phi) is 2.81. The van der Waals surface area contributed by atoms with Crippen LogP contribution < -0.4 is 0 Å². The maximum atomic E-state index is 5.19. The fourth-order valence-corrected chi connectivity index (χ4v) is 1.40. The Morgan fingerprint density at radius 1 is 1.20 bits per heavy atom. The fourth-order valence-electron chi connectivity index (χ4n) is 1.40. The van der Waals surface area contributed by atoms with Crippen molar-refractivity contribution in [3.05, 3.63) is 36.2 Å². The molecule has 0 spiro atoms. The standard InChI is InChI=1S/C12H14N2O/c1-9(2)8-11-13-12(15-14-11)10-6-4-3-5-7-10/h3-7,9H,8H2,1-2H3. The second kappa shape index (κ2) is 4.26. The first kappa shape index (κ1) is 9.90. The lowest BCUT2D eigenvalue weighted by Gasteiger charge is -1.96. The maximum absolute atomic E-state index is 5.19. The van der Waals surface area contributed by atoms with Crippen LogP contribution in [-0.2, 0) is 6.42 Å². The van der Waals surface area contributed by atoms with E-state index in [4.69, 9.17) is 4.52 Å². The molecule has 0 aliphatic rings. The fraction of sp³-hybridized carbons (Fsp3) is 0.333. The summed E-state index contributed by atoms with van der Waals surface area (Å²) in [6, 6.07) is 9.82. The highest BCUT2D eigenvalue weighted by Crippen LogP contribution is 2.16. The third kappa shape index (κ3) is 2.43. The van der Waals surface area contributed by atoms with Crippen molar-refractivity contribution in [3.8, 4) is 11.5 Å². The van der Waals surface area contributed by atoms with Crippen LogP contribution in [0.2, 0.25) is 0 Å². The summed E-state index contributed by atoms with van der Waals surface area (Å²) >= 11 is 0. The van der Waals surface area contributed by atoms with Crippen molar-refractivity contribution in [1.29, 1.82) is 0 Å². The van der Waals surface area contributed by atoms with Crippen LogP contribution in [0.3, 0.4) is 0 Å². The minimum absolute atomic E-state index is 0.547. The van der Waals surface area contributed by atoms with Gasteiger partial charge in [-0.25, -0.2) is 0 Å². The number of hydrogen-bond acceptors (Lipinski definition) is 3. The van der Waals surface area contributed by atoms with Crippen molar-refractivity contribution in [2.24, 2.45) is 5.92 Å². The van der Waals surface area contributed by atoms with E-state index in [-0.39, 0.29) is 0 Å². The second-order valence-electron chi connectivity index (χ2n) is 3.98. The highest BCUT2D eigenvalue weighted by atomic mass is 16.5. The normalized spacial score (nSPS) is 10.9. The van der Waals surface area contributed by atoms with Gasteiger partial charge >= 0.3 is 0 Å². The summed E-state index contributed by atoms with van der Waals surface area (Å²) in [6.45, 7) is 4.27. The summed E-state index contributed by atoms with van der Waals surface area (Å²) in [5.41, 5.74) is 0.972. The number of nitrogens with zero attached hydrogens (tertiary/aromatic N) is 2. The van der Waals surface area contributed by atoms with E-state index in [1.165, 1.54) is 0 Å². The Labute approximate surface area is 89.1 Å². The summed E-state index contributed by atoms with van der Waals surface area (Å²) in [5, 5.41) is 3.95. The Balaban J connectivity index is 2.21. The van der Waals surface area contributed by atoms with E-state index in [0.717, 1.165) is 17.8 Å². The molecule has 0 saturated carbocycles. The van der Waals surface area contributed by atoms with Crippen LogP contribution in [0.25, 0.3) is 11.5 Å². The Morgan fingerprint density at radius 2 is 1.93 bits per heavy atom. The van der Waals surface area contributed by atoms with Crippen LogP contribution in [0.15, 0.2) is 34.9 Å². The zero-order valence-electron chi connectivity index (χ0n) is 8.97. The van der Waals surface area contributed by atoms with Crippen LogP contribution in [-0.4, -0.2) is 10.1 Å². The minimum Gasteiger partial charge on any atom is -0.334 e. The largest absolute Gasteiger partial charge is 0.334 e. The molecule has 0 saturated heterocycles. The van der Waals surface area contributed by atoms with Crippen LogP contribution in [0.4, 0.5) is 0 Å². The van der Waals surface area contributed by atoms with Crippen molar-refractivity contribution in [2.45, 2.75) is 20.3 Å². The number of hydrogen-bond donors (Lipinski definition) is 0. The molecule has 0 fully saturated rings. The van der Waals surface area contributed by atoms with Crippen molar-refractivity contribution < 1.29 is 4.52 Å². The molecular formula is C12H14N2O. The summed E-state index contributed by atoms with van der Waals surface area (Å²) < 4.78 is 5.19. The molecule has 0 unspecified atom stereocenters. The van der Waals surface area contributed by atoms with Gasteiger partial charge in [-0.1, -0.05) is 37.2 Å². The van der Waals surface area contributed by atoms with Gasteiger partial charge in [0.05, 0.1) is 0 Å². The summed E-state index contributed by atoms with van der Waals surface area (Å²) in [7, 11) is 0. The van der Waals surface area contributed by atoms with E-state index < -0.39 is 0 Å². The van der Waals surface area contributed by atoms with Crippen LogP contribution in [0.5, 0.6) is 0 Å². The van der Waals surface area contributed by atoms with Gasteiger partial charge in [0.25, 0.3) is 5.89 Å². The van der Waals surface area contributed by atoms with Gasteiger partial charge in [0.1, 0.15) is 0 Å². The zero-order chi connectivity index (χ0) is 10.7. The summed E-state index contributed by atoms with van der Waals surface area (Å²) in [5.74, 6) is 1.93. The molecule has 15 heavy (non-hydrogen) atoms. The molecule has 2 aromatic rings. The molecule has 0 radical (unpaired) electrons. The molecule has 0 N–H and O–H groups in total. The van der Waals surface area contributed by atoms with Gasteiger partial charge in [0.15, 0.2) is 5.82 Å². The highest BCUT2D eigenvalue weighted by molar-refractivity contribution is 5.51.